The molecule has 120 valence electrons. The highest BCUT2D eigenvalue weighted by atomic mass is 35.5. The molecule has 1 aromatic carbocycles. The van der Waals surface area contributed by atoms with Gasteiger partial charge in [-0.3, -0.25) is 4.79 Å². The molecular formula is C16H22ClN3OS. The van der Waals surface area contributed by atoms with E-state index in [2.05, 4.69) is 42.3 Å². The third-order valence-electron chi connectivity index (χ3n) is 3.38. The highest BCUT2D eigenvalue weighted by molar-refractivity contribution is 7.13. The molecule has 1 amide bonds. The van der Waals surface area contributed by atoms with Gasteiger partial charge >= 0.3 is 0 Å². The summed E-state index contributed by atoms with van der Waals surface area (Å²) in [6.45, 7) is 5.59. The van der Waals surface area contributed by atoms with Crippen molar-refractivity contribution in [2.75, 3.05) is 27.2 Å². The molecule has 0 bridgehead atoms. The topological polar surface area (TPSA) is 45.2 Å². The van der Waals surface area contributed by atoms with Crippen molar-refractivity contribution in [1.82, 2.24) is 15.2 Å². The zero-order valence-corrected chi connectivity index (χ0v) is 15.0. The van der Waals surface area contributed by atoms with Crippen molar-refractivity contribution in [2.45, 2.75) is 13.8 Å². The lowest BCUT2D eigenvalue weighted by molar-refractivity contribution is 0.0792. The molecule has 0 fully saturated rings. The number of nitrogens with one attached hydrogen (secondary N) is 1. The summed E-state index contributed by atoms with van der Waals surface area (Å²) in [4.78, 5) is 18.5. The van der Waals surface area contributed by atoms with Gasteiger partial charge in [-0.25, -0.2) is 4.98 Å². The first-order chi connectivity index (χ1) is 10.0. The van der Waals surface area contributed by atoms with Crippen LogP contribution in [0, 0.1) is 13.8 Å². The van der Waals surface area contributed by atoms with Crippen molar-refractivity contribution >= 4 is 29.7 Å². The molecule has 0 atom stereocenters. The van der Waals surface area contributed by atoms with Crippen molar-refractivity contribution in [3.8, 4) is 10.6 Å². The lowest BCUT2D eigenvalue weighted by Crippen LogP contribution is -2.32. The normalized spacial score (nSPS) is 10.2. The number of thiazole rings is 1. The molecule has 22 heavy (non-hydrogen) atoms. The van der Waals surface area contributed by atoms with E-state index in [4.69, 9.17) is 0 Å². The van der Waals surface area contributed by atoms with Gasteiger partial charge in [-0.15, -0.1) is 23.7 Å². The number of carbonyl (C=O) groups excluding carboxylic acids is 1. The second-order valence-corrected chi connectivity index (χ2v) is 6.04. The van der Waals surface area contributed by atoms with Crippen LogP contribution in [0.25, 0.3) is 10.6 Å². The van der Waals surface area contributed by atoms with Crippen molar-refractivity contribution in [3.05, 3.63) is 40.4 Å². The van der Waals surface area contributed by atoms with Gasteiger partial charge in [0.05, 0.1) is 0 Å². The van der Waals surface area contributed by atoms with Crippen LogP contribution >= 0.6 is 23.7 Å². The van der Waals surface area contributed by atoms with Crippen LogP contribution < -0.4 is 5.32 Å². The van der Waals surface area contributed by atoms with Gasteiger partial charge in [-0.1, -0.05) is 23.8 Å². The molecule has 0 aliphatic rings. The van der Waals surface area contributed by atoms with E-state index >= 15 is 0 Å². The number of rotatable bonds is 5. The summed E-state index contributed by atoms with van der Waals surface area (Å²) in [5.74, 6) is -0.0301. The van der Waals surface area contributed by atoms with Crippen LogP contribution in [0.2, 0.25) is 0 Å². The number of hydrogen-bond acceptors (Lipinski definition) is 4. The van der Waals surface area contributed by atoms with E-state index in [1.54, 1.807) is 11.9 Å². The summed E-state index contributed by atoms with van der Waals surface area (Å²) in [6, 6.07) is 6.28. The van der Waals surface area contributed by atoms with Crippen LogP contribution in [0.3, 0.4) is 0 Å². The molecule has 0 spiro atoms. The van der Waals surface area contributed by atoms with Gasteiger partial charge in [0.25, 0.3) is 5.91 Å². The molecule has 4 nitrogen and oxygen atoms in total. The number of aromatic nitrogens is 1. The van der Waals surface area contributed by atoms with E-state index in [0.717, 1.165) is 17.1 Å². The third-order valence-corrected chi connectivity index (χ3v) is 4.26. The second kappa shape index (κ2) is 8.27. The molecule has 2 aromatic rings. The number of amides is 1. The second-order valence-electron chi connectivity index (χ2n) is 5.19. The maximum absolute atomic E-state index is 12.3. The van der Waals surface area contributed by atoms with Gasteiger partial charge in [0.15, 0.2) is 0 Å². The predicted octanol–water partition coefficient (Wildman–Crippen LogP) is 3.14. The van der Waals surface area contributed by atoms with Gasteiger partial charge < -0.3 is 10.2 Å². The minimum atomic E-state index is -0.0301. The van der Waals surface area contributed by atoms with Gasteiger partial charge in [0.1, 0.15) is 10.7 Å². The van der Waals surface area contributed by atoms with E-state index in [1.807, 2.05) is 12.4 Å². The van der Waals surface area contributed by atoms with Crippen molar-refractivity contribution in [1.29, 1.82) is 0 Å². The molecule has 1 heterocycles. The molecule has 0 saturated carbocycles. The predicted molar refractivity (Wildman–Crippen MR) is 95.2 cm³/mol. The minimum Gasteiger partial charge on any atom is -0.339 e. The number of halogens is 1. The summed E-state index contributed by atoms with van der Waals surface area (Å²) in [5, 5.41) is 5.78. The quantitative estimate of drug-likeness (QED) is 0.910. The number of nitrogens with zero attached hydrogens (tertiary/aromatic N) is 2. The highest BCUT2D eigenvalue weighted by Gasteiger charge is 2.16. The number of aryl methyl sites for hydroxylation is 2. The fraction of sp³-hybridized carbons (Fsp3) is 0.375. The van der Waals surface area contributed by atoms with Crippen molar-refractivity contribution in [2.24, 2.45) is 0 Å². The highest BCUT2D eigenvalue weighted by Crippen LogP contribution is 2.27. The van der Waals surface area contributed by atoms with E-state index in [0.29, 0.717) is 12.2 Å². The van der Waals surface area contributed by atoms with E-state index in [-0.39, 0.29) is 18.3 Å². The third kappa shape index (κ3) is 4.29. The molecular weight excluding hydrogens is 318 g/mol. The average molecular weight is 340 g/mol. The summed E-state index contributed by atoms with van der Waals surface area (Å²) in [7, 11) is 3.68. The molecule has 2 rings (SSSR count). The Morgan fingerprint density at radius 1 is 1.36 bits per heavy atom. The Labute approximate surface area is 142 Å². The summed E-state index contributed by atoms with van der Waals surface area (Å²) in [6.07, 6.45) is 0. The van der Waals surface area contributed by atoms with Crippen LogP contribution in [0.5, 0.6) is 0 Å². The van der Waals surface area contributed by atoms with Gasteiger partial charge in [-0.2, -0.15) is 0 Å². The monoisotopic (exact) mass is 339 g/mol. The van der Waals surface area contributed by atoms with Crippen LogP contribution in [0.4, 0.5) is 0 Å². The maximum Gasteiger partial charge on any atom is 0.273 e. The maximum atomic E-state index is 12.3. The summed E-state index contributed by atoms with van der Waals surface area (Å²) < 4.78 is 0. The first-order valence-electron chi connectivity index (χ1n) is 6.96. The Morgan fingerprint density at radius 3 is 2.73 bits per heavy atom. The Hall–Kier alpha value is -1.43. The molecule has 1 aromatic heterocycles. The lowest BCUT2D eigenvalue weighted by atomic mass is 10.1. The molecule has 6 heteroatoms. The first-order valence-corrected chi connectivity index (χ1v) is 7.84. The molecule has 0 aliphatic carbocycles. The van der Waals surface area contributed by atoms with Gasteiger partial charge in [-0.05, 0) is 26.5 Å². The van der Waals surface area contributed by atoms with Crippen LogP contribution in [-0.4, -0.2) is 43.0 Å². The first kappa shape index (κ1) is 18.6. The number of carbonyl (C=O) groups is 1. The Bertz CT molecular complexity index is 642. The average Bonchev–Trinajstić information content (AvgIpc) is 2.93. The van der Waals surface area contributed by atoms with Crippen molar-refractivity contribution in [3.63, 3.8) is 0 Å². The summed E-state index contributed by atoms with van der Waals surface area (Å²) >= 11 is 1.52. The molecule has 0 saturated heterocycles. The Balaban J connectivity index is 0.00000242. The van der Waals surface area contributed by atoms with E-state index in [1.165, 1.54) is 22.5 Å². The lowest BCUT2D eigenvalue weighted by Gasteiger charge is -2.15. The molecule has 0 unspecified atom stereocenters. The van der Waals surface area contributed by atoms with Gasteiger partial charge in [0.2, 0.25) is 0 Å². The SMILES string of the molecule is CNCCN(C)C(=O)c1csc(-c2ccc(C)cc2C)n1.Cl. The zero-order chi connectivity index (χ0) is 15.4. The minimum absolute atomic E-state index is 0. The number of likely N-dealkylation sites (N-methyl/N-ethyl adjacent to an activating group) is 2. The van der Waals surface area contributed by atoms with Gasteiger partial charge in [0, 0.05) is 31.1 Å². The number of benzene rings is 1. The summed E-state index contributed by atoms with van der Waals surface area (Å²) in [5.41, 5.74) is 4.04. The standard InChI is InChI=1S/C16H21N3OS.ClH/c1-11-5-6-13(12(2)9-11)15-18-14(10-21-15)16(20)19(4)8-7-17-3;/h5-6,9-10,17H,7-8H2,1-4H3;1H. The van der Waals surface area contributed by atoms with Crippen LogP contribution in [-0.2, 0) is 0 Å². The Morgan fingerprint density at radius 2 is 2.09 bits per heavy atom. The fourth-order valence-electron chi connectivity index (χ4n) is 2.13. The molecule has 1 N–H and O–H groups in total. The molecule has 0 radical (unpaired) electrons. The van der Waals surface area contributed by atoms with Crippen molar-refractivity contribution < 1.29 is 4.79 Å². The largest absolute Gasteiger partial charge is 0.339 e. The molecule has 0 aliphatic heterocycles. The Kier molecular flexibility index (Phi) is 7.00. The smallest absolute Gasteiger partial charge is 0.273 e. The zero-order valence-electron chi connectivity index (χ0n) is 13.3. The van der Waals surface area contributed by atoms with E-state index in [9.17, 15) is 4.79 Å². The van der Waals surface area contributed by atoms with Crippen LogP contribution in [0.1, 0.15) is 21.6 Å². The van der Waals surface area contributed by atoms with Crippen LogP contribution in [0.15, 0.2) is 23.6 Å². The number of hydrogen-bond donors (Lipinski definition) is 1. The van der Waals surface area contributed by atoms with E-state index < -0.39 is 0 Å². The fourth-order valence-corrected chi connectivity index (χ4v) is 3.01.